The SMILES string of the molecule is CCNC(=NCCc1csc(-c2ccccc2)n1)N1CCN(Cc2ccon2)CC1.I. The summed E-state index contributed by atoms with van der Waals surface area (Å²) in [6.07, 6.45) is 2.48. The monoisotopic (exact) mass is 552 g/mol. The number of halogens is 1. The quantitative estimate of drug-likeness (QED) is 0.274. The molecule has 9 heteroatoms. The molecule has 0 unspecified atom stereocenters. The third kappa shape index (κ3) is 6.75. The number of nitrogens with zero attached hydrogens (tertiary/aromatic N) is 5. The molecule has 2 aromatic heterocycles. The molecule has 1 aliphatic rings. The average Bonchev–Trinajstić information content (AvgIpc) is 3.47. The van der Waals surface area contributed by atoms with Crippen molar-refractivity contribution < 1.29 is 4.52 Å². The van der Waals surface area contributed by atoms with Crippen molar-refractivity contribution in [3.63, 3.8) is 0 Å². The van der Waals surface area contributed by atoms with Gasteiger partial charge in [0.05, 0.1) is 11.4 Å². The Morgan fingerprint density at radius 1 is 1.13 bits per heavy atom. The Morgan fingerprint density at radius 2 is 1.94 bits per heavy atom. The lowest BCUT2D eigenvalue weighted by atomic mass is 10.2. The summed E-state index contributed by atoms with van der Waals surface area (Å²) < 4.78 is 4.93. The number of hydrogen-bond acceptors (Lipinski definition) is 6. The van der Waals surface area contributed by atoms with Crippen molar-refractivity contribution in [2.24, 2.45) is 4.99 Å². The predicted molar refractivity (Wildman–Crippen MR) is 136 cm³/mol. The zero-order valence-electron chi connectivity index (χ0n) is 17.7. The lowest BCUT2D eigenvalue weighted by Gasteiger charge is -2.36. The Labute approximate surface area is 204 Å². The molecule has 0 radical (unpaired) electrons. The van der Waals surface area contributed by atoms with E-state index in [0.29, 0.717) is 0 Å². The molecule has 4 rings (SSSR count). The van der Waals surface area contributed by atoms with Gasteiger partial charge < -0.3 is 14.7 Å². The molecule has 1 aliphatic heterocycles. The number of guanidine groups is 1. The molecule has 0 atom stereocenters. The van der Waals surface area contributed by atoms with E-state index in [1.807, 2.05) is 12.1 Å². The number of benzene rings is 1. The van der Waals surface area contributed by atoms with Crippen molar-refractivity contribution in [2.75, 3.05) is 39.3 Å². The highest BCUT2D eigenvalue weighted by atomic mass is 127. The molecule has 0 bridgehead atoms. The van der Waals surface area contributed by atoms with Crippen molar-refractivity contribution in [2.45, 2.75) is 19.9 Å². The van der Waals surface area contributed by atoms with Gasteiger partial charge in [-0.15, -0.1) is 35.3 Å². The highest BCUT2D eigenvalue weighted by Crippen LogP contribution is 2.23. The van der Waals surface area contributed by atoms with Crippen LogP contribution in [0, 0.1) is 0 Å². The van der Waals surface area contributed by atoms with Gasteiger partial charge in [-0.05, 0) is 6.92 Å². The second-order valence-electron chi connectivity index (χ2n) is 7.25. The largest absolute Gasteiger partial charge is 0.364 e. The van der Waals surface area contributed by atoms with Crippen LogP contribution in [0.4, 0.5) is 0 Å². The first-order valence-corrected chi connectivity index (χ1v) is 11.3. The molecule has 3 aromatic rings. The maximum Gasteiger partial charge on any atom is 0.194 e. The number of aliphatic imine (C=N–C) groups is 1. The summed E-state index contributed by atoms with van der Waals surface area (Å²) in [5.41, 5.74) is 3.27. The highest BCUT2D eigenvalue weighted by Gasteiger charge is 2.20. The van der Waals surface area contributed by atoms with E-state index < -0.39 is 0 Å². The Morgan fingerprint density at radius 3 is 2.65 bits per heavy atom. The molecular formula is C22H29IN6OS. The van der Waals surface area contributed by atoms with Crippen LogP contribution >= 0.6 is 35.3 Å². The van der Waals surface area contributed by atoms with E-state index in [0.717, 1.165) is 74.6 Å². The Hall–Kier alpha value is -1.98. The van der Waals surface area contributed by atoms with Crippen LogP contribution in [-0.2, 0) is 13.0 Å². The number of aromatic nitrogens is 2. The van der Waals surface area contributed by atoms with Gasteiger partial charge in [0, 0.05) is 69.2 Å². The molecule has 1 N–H and O–H groups in total. The summed E-state index contributed by atoms with van der Waals surface area (Å²) >= 11 is 1.70. The first-order valence-electron chi connectivity index (χ1n) is 10.5. The van der Waals surface area contributed by atoms with E-state index in [2.05, 4.69) is 56.8 Å². The minimum Gasteiger partial charge on any atom is -0.364 e. The molecule has 0 amide bonds. The zero-order valence-corrected chi connectivity index (χ0v) is 20.9. The van der Waals surface area contributed by atoms with Crippen LogP contribution < -0.4 is 5.32 Å². The summed E-state index contributed by atoms with van der Waals surface area (Å²) in [7, 11) is 0. The van der Waals surface area contributed by atoms with E-state index in [4.69, 9.17) is 14.5 Å². The second-order valence-corrected chi connectivity index (χ2v) is 8.11. The molecule has 7 nitrogen and oxygen atoms in total. The van der Waals surface area contributed by atoms with Gasteiger partial charge >= 0.3 is 0 Å². The molecule has 166 valence electrons. The van der Waals surface area contributed by atoms with Crippen molar-refractivity contribution in [1.29, 1.82) is 0 Å². The topological polar surface area (TPSA) is 69.8 Å². The Balaban J connectivity index is 0.00000272. The standard InChI is InChI=1S/C22H28N6OS.HI/c1-2-23-22(28-13-11-27(12-14-28)16-19-9-15-29-26-19)24-10-8-20-17-30-21(25-20)18-6-4-3-5-7-18;/h3-7,9,15,17H,2,8,10-14,16H2,1H3,(H,23,24);1H. The smallest absolute Gasteiger partial charge is 0.194 e. The van der Waals surface area contributed by atoms with Crippen LogP contribution in [0.3, 0.4) is 0 Å². The Bertz CT molecular complexity index is 923. The Kier molecular flexibility index (Phi) is 9.29. The minimum absolute atomic E-state index is 0. The summed E-state index contributed by atoms with van der Waals surface area (Å²) in [4.78, 5) is 14.4. The first-order chi connectivity index (χ1) is 14.8. The van der Waals surface area contributed by atoms with Gasteiger partial charge in [0.25, 0.3) is 0 Å². The van der Waals surface area contributed by atoms with Crippen molar-refractivity contribution >= 4 is 41.3 Å². The van der Waals surface area contributed by atoms with Gasteiger partial charge in [-0.2, -0.15) is 0 Å². The molecule has 1 fully saturated rings. The summed E-state index contributed by atoms with van der Waals surface area (Å²) in [6, 6.07) is 12.3. The molecule has 0 aliphatic carbocycles. The van der Waals surface area contributed by atoms with Crippen LogP contribution in [0.25, 0.3) is 10.6 Å². The van der Waals surface area contributed by atoms with E-state index in [1.54, 1.807) is 17.6 Å². The van der Waals surface area contributed by atoms with Gasteiger partial charge in [0.2, 0.25) is 0 Å². The third-order valence-corrected chi connectivity index (χ3v) is 6.03. The lowest BCUT2D eigenvalue weighted by molar-refractivity contribution is 0.169. The third-order valence-electron chi connectivity index (χ3n) is 5.09. The minimum atomic E-state index is 0. The van der Waals surface area contributed by atoms with Crippen LogP contribution in [0.2, 0.25) is 0 Å². The van der Waals surface area contributed by atoms with Gasteiger partial charge in [-0.3, -0.25) is 9.89 Å². The maximum absolute atomic E-state index is 4.93. The molecule has 0 saturated carbocycles. The lowest BCUT2D eigenvalue weighted by Crippen LogP contribution is -2.52. The van der Waals surface area contributed by atoms with Crippen LogP contribution in [0.15, 0.2) is 57.6 Å². The molecule has 0 spiro atoms. The second kappa shape index (κ2) is 12.2. The number of piperazine rings is 1. The van der Waals surface area contributed by atoms with E-state index in [9.17, 15) is 0 Å². The maximum atomic E-state index is 4.93. The number of hydrogen-bond donors (Lipinski definition) is 1. The number of thiazole rings is 1. The van der Waals surface area contributed by atoms with E-state index >= 15 is 0 Å². The fourth-order valence-corrected chi connectivity index (χ4v) is 4.36. The highest BCUT2D eigenvalue weighted by molar-refractivity contribution is 14.0. The molecular weight excluding hydrogens is 523 g/mol. The molecule has 31 heavy (non-hydrogen) atoms. The average molecular weight is 552 g/mol. The fourth-order valence-electron chi connectivity index (χ4n) is 3.50. The van der Waals surface area contributed by atoms with Gasteiger partial charge in [-0.1, -0.05) is 35.5 Å². The predicted octanol–water partition coefficient (Wildman–Crippen LogP) is 3.74. The zero-order chi connectivity index (χ0) is 20.6. The van der Waals surface area contributed by atoms with Crippen LogP contribution in [0.1, 0.15) is 18.3 Å². The molecule has 3 heterocycles. The van der Waals surface area contributed by atoms with Crippen molar-refractivity contribution in [1.82, 2.24) is 25.3 Å². The number of rotatable bonds is 7. The number of nitrogens with one attached hydrogen (secondary N) is 1. The van der Waals surface area contributed by atoms with Crippen LogP contribution in [0.5, 0.6) is 0 Å². The summed E-state index contributed by atoms with van der Waals surface area (Å²) in [5.74, 6) is 0.997. The fraction of sp³-hybridized carbons (Fsp3) is 0.409. The normalized spacial score (nSPS) is 15.0. The molecule has 1 aromatic carbocycles. The van der Waals surface area contributed by atoms with Crippen molar-refractivity contribution in [3.8, 4) is 10.6 Å². The van der Waals surface area contributed by atoms with Crippen molar-refractivity contribution in [3.05, 3.63) is 59.4 Å². The van der Waals surface area contributed by atoms with Gasteiger partial charge in [0.15, 0.2) is 5.96 Å². The van der Waals surface area contributed by atoms with Gasteiger partial charge in [-0.25, -0.2) is 4.98 Å². The van der Waals surface area contributed by atoms with Crippen LogP contribution in [-0.4, -0.2) is 65.2 Å². The summed E-state index contributed by atoms with van der Waals surface area (Å²) in [5, 5.41) is 10.7. The van der Waals surface area contributed by atoms with E-state index in [-0.39, 0.29) is 24.0 Å². The first kappa shape index (κ1) is 23.7. The summed E-state index contributed by atoms with van der Waals surface area (Å²) in [6.45, 7) is 8.45. The van der Waals surface area contributed by atoms with Gasteiger partial charge in [0.1, 0.15) is 11.3 Å². The van der Waals surface area contributed by atoms with E-state index in [1.165, 1.54) is 5.56 Å². The molecule has 1 saturated heterocycles.